The van der Waals surface area contributed by atoms with E-state index in [-0.39, 0.29) is 11.9 Å². The predicted octanol–water partition coefficient (Wildman–Crippen LogP) is 5.11. The Hall–Kier alpha value is -2.74. The van der Waals surface area contributed by atoms with Crippen LogP contribution in [0.4, 0.5) is 0 Å². The summed E-state index contributed by atoms with van der Waals surface area (Å²) >= 11 is 8.07. The van der Waals surface area contributed by atoms with E-state index in [9.17, 15) is 4.79 Å². The highest BCUT2D eigenvalue weighted by atomic mass is 35.5. The first kappa shape index (κ1) is 21.1. The van der Waals surface area contributed by atoms with Crippen LogP contribution in [0, 0.1) is 0 Å². The van der Waals surface area contributed by atoms with Crippen LogP contribution in [0.3, 0.4) is 0 Å². The molecule has 0 N–H and O–H groups in total. The second kappa shape index (κ2) is 8.65. The number of carbonyl (C=O) groups is 1. The second-order valence-corrected chi connectivity index (χ2v) is 9.32. The van der Waals surface area contributed by atoms with Crippen molar-refractivity contribution in [2.75, 3.05) is 19.6 Å². The van der Waals surface area contributed by atoms with E-state index in [0.717, 1.165) is 66.8 Å². The largest absolute Gasteiger partial charge is 0.330 e. The molecule has 4 heterocycles. The molecule has 1 amide bonds. The van der Waals surface area contributed by atoms with Crippen molar-refractivity contribution in [1.82, 2.24) is 24.3 Å². The van der Waals surface area contributed by atoms with Crippen LogP contribution >= 0.6 is 22.9 Å². The van der Waals surface area contributed by atoms with Gasteiger partial charge < -0.3 is 4.90 Å². The van der Waals surface area contributed by atoms with E-state index < -0.39 is 0 Å². The quantitative estimate of drug-likeness (QED) is 0.455. The Kier molecular flexibility index (Phi) is 5.71. The first-order chi connectivity index (χ1) is 15.6. The number of halogens is 1. The number of hydrogen-bond donors (Lipinski definition) is 0. The lowest BCUT2D eigenvalue weighted by Crippen LogP contribution is -2.29. The minimum absolute atomic E-state index is 0.00734. The van der Waals surface area contributed by atoms with Gasteiger partial charge in [0.15, 0.2) is 0 Å². The molecule has 5 rings (SSSR count). The average Bonchev–Trinajstić information content (AvgIpc) is 3.51. The maximum atomic E-state index is 13.4. The van der Waals surface area contributed by atoms with E-state index in [1.807, 2.05) is 33.8 Å². The molecule has 1 aromatic carbocycles. The molecule has 0 bridgehead atoms. The van der Waals surface area contributed by atoms with E-state index in [0.29, 0.717) is 10.6 Å². The van der Waals surface area contributed by atoms with Gasteiger partial charge in [-0.2, -0.15) is 0 Å². The maximum Gasteiger partial charge on any atom is 0.258 e. The van der Waals surface area contributed by atoms with Crippen molar-refractivity contribution in [3.05, 3.63) is 77.2 Å². The lowest BCUT2D eigenvalue weighted by molar-refractivity contribution is 0.0739. The molecule has 8 heteroatoms. The van der Waals surface area contributed by atoms with Gasteiger partial charge in [0.1, 0.15) is 17.0 Å². The summed E-state index contributed by atoms with van der Waals surface area (Å²) in [6.45, 7) is 10.7. The maximum absolute atomic E-state index is 13.4. The molecular weight excluding hydrogens is 442 g/mol. The highest BCUT2D eigenvalue weighted by Crippen LogP contribution is 2.44. The number of fused-ring (bicyclic) bond motifs is 5. The van der Waals surface area contributed by atoms with Crippen molar-refractivity contribution in [2.24, 2.45) is 0 Å². The molecule has 6 nitrogen and oxygen atoms in total. The molecular formula is C24H24ClN5OS. The number of aromatic nitrogens is 3. The minimum Gasteiger partial charge on any atom is -0.330 e. The van der Waals surface area contributed by atoms with Crippen molar-refractivity contribution in [3.63, 3.8) is 0 Å². The number of nitrogens with zero attached hydrogens (tertiary/aromatic N) is 5. The number of imidazole rings is 1. The molecule has 2 aliphatic rings. The third kappa shape index (κ3) is 3.50. The van der Waals surface area contributed by atoms with Crippen LogP contribution in [0.25, 0.3) is 16.4 Å². The molecule has 0 unspecified atom stereocenters. The van der Waals surface area contributed by atoms with Crippen LogP contribution in [0.1, 0.15) is 40.6 Å². The van der Waals surface area contributed by atoms with Crippen LogP contribution < -0.4 is 0 Å². The minimum atomic E-state index is -0.0335. The SMILES string of the molecule is C=CCN(CC=C)Cc1csc(-c2ncn3c2[C@@H]2CCCN2C(=O)c2c(Cl)cccc2-3)n1. The number of carbonyl (C=O) groups excluding carboxylic acids is 1. The summed E-state index contributed by atoms with van der Waals surface area (Å²) in [5.41, 5.74) is 4.19. The van der Waals surface area contributed by atoms with E-state index in [4.69, 9.17) is 21.6 Å². The van der Waals surface area contributed by atoms with Gasteiger partial charge in [-0.25, -0.2) is 9.97 Å². The summed E-state index contributed by atoms with van der Waals surface area (Å²) in [7, 11) is 0. The molecule has 32 heavy (non-hydrogen) atoms. The van der Waals surface area contributed by atoms with E-state index in [2.05, 4.69) is 23.4 Å². The van der Waals surface area contributed by atoms with Gasteiger partial charge in [0, 0.05) is 31.6 Å². The van der Waals surface area contributed by atoms with Crippen LogP contribution in [0.5, 0.6) is 0 Å². The molecule has 0 aliphatic carbocycles. The molecule has 0 saturated carbocycles. The molecule has 2 aliphatic heterocycles. The summed E-state index contributed by atoms with van der Waals surface area (Å²) in [5.74, 6) is -0.00734. The zero-order chi connectivity index (χ0) is 22.2. The molecule has 164 valence electrons. The zero-order valence-corrected chi connectivity index (χ0v) is 19.3. The summed E-state index contributed by atoms with van der Waals surface area (Å²) < 4.78 is 2.03. The molecule has 1 atom stereocenters. The van der Waals surface area contributed by atoms with Crippen molar-refractivity contribution in [1.29, 1.82) is 0 Å². The van der Waals surface area contributed by atoms with Gasteiger partial charge in [-0.3, -0.25) is 14.3 Å². The third-order valence-corrected chi connectivity index (χ3v) is 7.23. The van der Waals surface area contributed by atoms with Crippen LogP contribution in [-0.4, -0.2) is 49.9 Å². The number of hydrogen-bond acceptors (Lipinski definition) is 5. The van der Waals surface area contributed by atoms with Crippen LogP contribution in [0.15, 0.2) is 55.2 Å². The van der Waals surface area contributed by atoms with E-state index in [1.54, 1.807) is 23.7 Å². The first-order valence-electron chi connectivity index (χ1n) is 10.7. The number of amides is 1. The summed E-state index contributed by atoms with van der Waals surface area (Å²) in [4.78, 5) is 27.2. The predicted molar refractivity (Wildman–Crippen MR) is 128 cm³/mol. The van der Waals surface area contributed by atoms with Crippen LogP contribution in [-0.2, 0) is 6.54 Å². The average molecular weight is 466 g/mol. The highest BCUT2D eigenvalue weighted by molar-refractivity contribution is 7.13. The smallest absolute Gasteiger partial charge is 0.258 e. The van der Waals surface area contributed by atoms with Gasteiger partial charge >= 0.3 is 0 Å². The first-order valence-corrected chi connectivity index (χ1v) is 11.9. The molecule has 0 spiro atoms. The third-order valence-electron chi connectivity index (χ3n) is 6.01. The Morgan fingerprint density at radius 3 is 2.88 bits per heavy atom. The Morgan fingerprint density at radius 2 is 2.09 bits per heavy atom. The summed E-state index contributed by atoms with van der Waals surface area (Å²) in [5, 5.41) is 3.43. The van der Waals surface area contributed by atoms with Gasteiger partial charge in [0.25, 0.3) is 5.91 Å². The number of benzene rings is 1. The standard InChI is InChI=1S/C24H24ClN5OS/c1-3-10-28(11-4-2)13-16-14-32-23(27-16)21-22-19-9-6-12-29(19)24(31)20-17(25)7-5-8-18(20)30(22)15-26-21/h3-5,7-8,14-15,19H,1-2,6,9-13H2/t19-/m0/s1. The van der Waals surface area contributed by atoms with Gasteiger partial charge in [-0.15, -0.1) is 24.5 Å². The molecule has 1 saturated heterocycles. The fourth-order valence-corrected chi connectivity index (χ4v) is 5.75. The molecule has 3 aromatic rings. The van der Waals surface area contributed by atoms with Gasteiger partial charge in [0.2, 0.25) is 0 Å². The highest BCUT2D eigenvalue weighted by Gasteiger charge is 2.40. The Labute approximate surface area is 196 Å². The van der Waals surface area contributed by atoms with Crippen LogP contribution in [0.2, 0.25) is 5.02 Å². The Balaban J connectivity index is 1.57. The summed E-state index contributed by atoms with van der Waals surface area (Å²) in [6.07, 6.45) is 7.45. The number of thiazole rings is 1. The van der Waals surface area contributed by atoms with E-state index in [1.165, 1.54) is 0 Å². The molecule has 0 radical (unpaired) electrons. The van der Waals surface area contributed by atoms with E-state index >= 15 is 0 Å². The Bertz CT molecular complexity index is 1190. The zero-order valence-electron chi connectivity index (χ0n) is 17.7. The van der Waals surface area contributed by atoms with Gasteiger partial charge in [-0.05, 0) is 25.0 Å². The van der Waals surface area contributed by atoms with Gasteiger partial charge in [0.05, 0.1) is 33.7 Å². The molecule has 2 aromatic heterocycles. The molecule has 1 fully saturated rings. The van der Waals surface area contributed by atoms with Gasteiger partial charge in [-0.1, -0.05) is 29.8 Å². The topological polar surface area (TPSA) is 54.3 Å². The summed E-state index contributed by atoms with van der Waals surface area (Å²) in [6, 6.07) is 5.56. The lowest BCUT2D eigenvalue weighted by atomic mass is 10.1. The fraction of sp³-hybridized carbons (Fsp3) is 0.292. The van der Waals surface area contributed by atoms with Crippen molar-refractivity contribution in [2.45, 2.75) is 25.4 Å². The lowest BCUT2D eigenvalue weighted by Gasteiger charge is -2.23. The Morgan fingerprint density at radius 1 is 1.28 bits per heavy atom. The monoisotopic (exact) mass is 465 g/mol. The van der Waals surface area contributed by atoms with Crippen molar-refractivity contribution >= 4 is 28.8 Å². The second-order valence-electron chi connectivity index (χ2n) is 8.05. The fourth-order valence-electron chi connectivity index (χ4n) is 4.68. The number of rotatable bonds is 7. The normalized spacial score (nSPS) is 17.1. The van der Waals surface area contributed by atoms with Crippen molar-refractivity contribution in [3.8, 4) is 16.4 Å². The van der Waals surface area contributed by atoms with Crippen molar-refractivity contribution < 1.29 is 4.79 Å².